The summed E-state index contributed by atoms with van der Waals surface area (Å²) in [4.78, 5) is 2.63. The minimum absolute atomic E-state index is 0.0768. The zero-order valence-corrected chi connectivity index (χ0v) is 12.3. The first kappa shape index (κ1) is 14.9. The molecule has 0 aromatic rings. The van der Waals surface area contributed by atoms with Crippen LogP contribution in [0, 0.1) is 0 Å². The highest BCUT2D eigenvalue weighted by Crippen LogP contribution is 2.23. The number of piperidine rings is 1. The molecule has 102 valence electrons. The third-order valence-electron chi connectivity index (χ3n) is 4.25. The average molecular weight is 242 g/mol. The Labute approximate surface area is 107 Å². The van der Waals surface area contributed by atoms with Crippen molar-refractivity contribution in [2.45, 2.75) is 64.6 Å². The van der Waals surface area contributed by atoms with Gasteiger partial charge >= 0.3 is 0 Å². The molecule has 3 heteroatoms. The van der Waals surface area contributed by atoms with Gasteiger partial charge in [0.15, 0.2) is 0 Å². The molecule has 0 bridgehead atoms. The van der Waals surface area contributed by atoms with Crippen molar-refractivity contribution in [1.82, 2.24) is 10.2 Å². The molecule has 1 aliphatic rings. The lowest BCUT2D eigenvalue weighted by molar-refractivity contribution is -0.0611. The van der Waals surface area contributed by atoms with Crippen LogP contribution in [0.5, 0.6) is 0 Å². The van der Waals surface area contributed by atoms with Crippen molar-refractivity contribution in [2.24, 2.45) is 0 Å². The summed E-state index contributed by atoms with van der Waals surface area (Å²) in [6.07, 6.45) is 3.82. The van der Waals surface area contributed by atoms with Gasteiger partial charge in [0.2, 0.25) is 0 Å². The molecule has 17 heavy (non-hydrogen) atoms. The number of hydrogen-bond donors (Lipinski definition) is 1. The van der Waals surface area contributed by atoms with Gasteiger partial charge in [-0.1, -0.05) is 6.92 Å². The summed E-state index contributed by atoms with van der Waals surface area (Å²) in [6, 6.07) is 1.13. The summed E-state index contributed by atoms with van der Waals surface area (Å²) in [5, 5.41) is 3.52. The van der Waals surface area contributed by atoms with Crippen LogP contribution in [0.3, 0.4) is 0 Å². The fourth-order valence-electron chi connectivity index (χ4n) is 2.64. The Morgan fingerprint density at radius 1 is 1.47 bits per heavy atom. The minimum Gasteiger partial charge on any atom is -0.377 e. The van der Waals surface area contributed by atoms with Crippen LogP contribution in [0.2, 0.25) is 0 Å². The van der Waals surface area contributed by atoms with Crippen LogP contribution in [-0.2, 0) is 4.74 Å². The topological polar surface area (TPSA) is 24.5 Å². The van der Waals surface area contributed by atoms with E-state index in [-0.39, 0.29) is 5.60 Å². The maximum Gasteiger partial charge on any atom is 0.0774 e. The largest absolute Gasteiger partial charge is 0.377 e. The van der Waals surface area contributed by atoms with Gasteiger partial charge in [0.05, 0.1) is 5.60 Å². The smallest absolute Gasteiger partial charge is 0.0774 e. The van der Waals surface area contributed by atoms with Gasteiger partial charge in [-0.05, 0) is 53.1 Å². The molecule has 0 aliphatic carbocycles. The Bertz CT molecular complexity index is 212. The molecule has 0 amide bonds. The summed E-state index contributed by atoms with van der Waals surface area (Å²) in [6.45, 7) is 12.4. The number of ether oxygens (including phenoxy) is 1. The van der Waals surface area contributed by atoms with Gasteiger partial charge in [0.25, 0.3) is 0 Å². The first-order valence-corrected chi connectivity index (χ1v) is 7.04. The van der Waals surface area contributed by atoms with Crippen molar-refractivity contribution >= 4 is 0 Å². The molecule has 1 rings (SSSR count). The van der Waals surface area contributed by atoms with Crippen LogP contribution in [0.1, 0.15) is 47.0 Å². The standard InChI is InChI=1S/C14H30N2O/c1-6-10-16(12(2)14(3,4)17-5)13-8-7-9-15-11-13/h12-13,15H,6-11H2,1-5H3. The molecule has 2 unspecified atom stereocenters. The highest BCUT2D eigenvalue weighted by atomic mass is 16.5. The molecule has 0 saturated carbocycles. The van der Waals surface area contributed by atoms with Gasteiger partial charge < -0.3 is 10.1 Å². The normalized spacial score (nSPS) is 24.0. The van der Waals surface area contributed by atoms with E-state index in [9.17, 15) is 0 Å². The van der Waals surface area contributed by atoms with Crippen LogP contribution in [-0.4, -0.2) is 49.3 Å². The van der Waals surface area contributed by atoms with Crippen LogP contribution < -0.4 is 5.32 Å². The van der Waals surface area contributed by atoms with E-state index in [1.807, 2.05) is 7.11 Å². The molecule has 1 N–H and O–H groups in total. The van der Waals surface area contributed by atoms with Crippen molar-refractivity contribution in [3.05, 3.63) is 0 Å². The number of rotatable bonds is 6. The van der Waals surface area contributed by atoms with E-state index in [0.717, 1.165) is 6.54 Å². The summed E-state index contributed by atoms with van der Waals surface area (Å²) in [5.74, 6) is 0. The first-order valence-electron chi connectivity index (χ1n) is 7.04. The highest BCUT2D eigenvalue weighted by molar-refractivity contribution is 4.89. The van der Waals surface area contributed by atoms with Crippen molar-refractivity contribution in [3.8, 4) is 0 Å². The second-order valence-electron chi connectivity index (χ2n) is 5.72. The van der Waals surface area contributed by atoms with E-state index in [2.05, 4.69) is 37.9 Å². The zero-order chi connectivity index (χ0) is 12.9. The Morgan fingerprint density at radius 3 is 2.65 bits per heavy atom. The number of nitrogens with zero attached hydrogens (tertiary/aromatic N) is 1. The van der Waals surface area contributed by atoms with Crippen LogP contribution in [0.25, 0.3) is 0 Å². The SMILES string of the molecule is CCCN(C1CCCNC1)C(C)C(C)(C)OC. The average Bonchev–Trinajstić information content (AvgIpc) is 2.36. The van der Waals surface area contributed by atoms with Crippen molar-refractivity contribution in [3.63, 3.8) is 0 Å². The number of hydrogen-bond acceptors (Lipinski definition) is 3. The predicted octanol–water partition coefficient (Wildman–Crippen LogP) is 2.26. The monoisotopic (exact) mass is 242 g/mol. The van der Waals surface area contributed by atoms with Crippen molar-refractivity contribution < 1.29 is 4.74 Å². The molecule has 1 aliphatic heterocycles. The quantitative estimate of drug-likeness (QED) is 0.773. The van der Waals surface area contributed by atoms with Gasteiger partial charge in [-0.3, -0.25) is 4.90 Å². The van der Waals surface area contributed by atoms with E-state index in [4.69, 9.17) is 4.74 Å². The summed E-state index contributed by atoms with van der Waals surface area (Å²) in [5.41, 5.74) is -0.0768. The molecule has 0 aromatic heterocycles. The Kier molecular flexibility index (Phi) is 5.90. The van der Waals surface area contributed by atoms with Gasteiger partial charge in [-0.15, -0.1) is 0 Å². The second kappa shape index (κ2) is 6.72. The Balaban J connectivity index is 2.69. The third-order valence-corrected chi connectivity index (χ3v) is 4.25. The summed E-state index contributed by atoms with van der Waals surface area (Å²) in [7, 11) is 1.82. The lowest BCUT2D eigenvalue weighted by Crippen LogP contribution is -2.56. The maximum absolute atomic E-state index is 5.66. The van der Waals surface area contributed by atoms with Crippen molar-refractivity contribution in [2.75, 3.05) is 26.7 Å². The molecule has 2 atom stereocenters. The molecular formula is C14H30N2O. The fourth-order valence-corrected chi connectivity index (χ4v) is 2.64. The first-order chi connectivity index (χ1) is 8.03. The molecule has 0 spiro atoms. The molecule has 0 aromatic carbocycles. The lowest BCUT2D eigenvalue weighted by atomic mass is 9.94. The Morgan fingerprint density at radius 2 is 2.18 bits per heavy atom. The predicted molar refractivity (Wildman–Crippen MR) is 73.4 cm³/mol. The van der Waals surface area contributed by atoms with E-state index >= 15 is 0 Å². The lowest BCUT2D eigenvalue weighted by Gasteiger charge is -2.44. The molecule has 1 saturated heterocycles. The number of nitrogens with one attached hydrogen (secondary N) is 1. The van der Waals surface area contributed by atoms with E-state index in [0.29, 0.717) is 12.1 Å². The summed E-state index contributed by atoms with van der Waals surface area (Å²) >= 11 is 0. The third kappa shape index (κ3) is 3.94. The molecule has 0 radical (unpaired) electrons. The molecule has 1 fully saturated rings. The second-order valence-corrected chi connectivity index (χ2v) is 5.72. The van der Waals surface area contributed by atoms with Gasteiger partial charge in [-0.2, -0.15) is 0 Å². The fraction of sp³-hybridized carbons (Fsp3) is 1.00. The van der Waals surface area contributed by atoms with Crippen LogP contribution >= 0.6 is 0 Å². The van der Waals surface area contributed by atoms with E-state index in [1.165, 1.54) is 32.4 Å². The van der Waals surface area contributed by atoms with Crippen LogP contribution in [0.15, 0.2) is 0 Å². The molecular weight excluding hydrogens is 212 g/mol. The molecule has 1 heterocycles. The minimum atomic E-state index is -0.0768. The Hall–Kier alpha value is -0.120. The van der Waals surface area contributed by atoms with Crippen molar-refractivity contribution in [1.29, 1.82) is 0 Å². The van der Waals surface area contributed by atoms with Crippen LogP contribution in [0.4, 0.5) is 0 Å². The highest BCUT2D eigenvalue weighted by Gasteiger charge is 2.34. The van der Waals surface area contributed by atoms with Gasteiger partial charge in [0, 0.05) is 25.7 Å². The van der Waals surface area contributed by atoms with Gasteiger partial charge in [0.1, 0.15) is 0 Å². The van der Waals surface area contributed by atoms with E-state index < -0.39 is 0 Å². The van der Waals surface area contributed by atoms with E-state index in [1.54, 1.807) is 0 Å². The maximum atomic E-state index is 5.66. The zero-order valence-electron chi connectivity index (χ0n) is 12.3. The number of methoxy groups -OCH3 is 1. The summed E-state index contributed by atoms with van der Waals surface area (Å²) < 4.78 is 5.66. The molecule has 3 nitrogen and oxygen atoms in total. The van der Waals surface area contributed by atoms with Gasteiger partial charge in [-0.25, -0.2) is 0 Å².